The minimum absolute atomic E-state index is 0.0925. The van der Waals surface area contributed by atoms with Crippen LogP contribution in [-0.4, -0.2) is 21.5 Å². The van der Waals surface area contributed by atoms with E-state index in [1.165, 1.54) is 18.1 Å². The number of thioether (sulfide) groups is 1. The molecule has 1 aromatic carbocycles. The van der Waals surface area contributed by atoms with Crippen molar-refractivity contribution in [1.29, 1.82) is 0 Å². The molecule has 2 aromatic rings. The number of halogens is 1. The fourth-order valence-corrected chi connectivity index (χ4v) is 2.37. The Morgan fingerprint density at radius 1 is 1.35 bits per heavy atom. The molecular weight excluding hydrogens is 300 g/mol. The summed E-state index contributed by atoms with van der Waals surface area (Å²) in [5, 5.41) is 0.809. The van der Waals surface area contributed by atoms with Gasteiger partial charge >= 0.3 is 0 Å². The summed E-state index contributed by atoms with van der Waals surface area (Å²) in [6, 6.07) is 9.18. The van der Waals surface area contributed by atoms with Crippen molar-refractivity contribution in [3.05, 3.63) is 52.9 Å². The van der Waals surface area contributed by atoms with Crippen LogP contribution in [0.1, 0.15) is 10.4 Å². The van der Waals surface area contributed by atoms with Gasteiger partial charge in [0.05, 0.1) is 10.8 Å². The Bertz CT molecular complexity index is 519. The van der Waals surface area contributed by atoms with Crippen molar-refractivity contribution in [3.63, 3.8) is 0 Å². The van der Waals surface area contributed by atoms with E-state index in [0.29, 0.717) is 11.3 Å². The van der Waals surface area contributed by atoms with Crippen molar-refractivity contribution < 1.29 is 4.79 Å². The van der Waals surface area contributed by atoms with Gasteiger partial charge in [-0.25, -0.2) is 9.97 Å². The predicted molar refractivity (Wildman–Crippen MR) is 71.2 cm³/mol. The topological polar surface area (TPSA) is 42.9 Å². The summed E-state index contributed by atoms with van der Waals surface area (Å²) in [5.74, 6) is 0.475. The van der Waals surface area contributed by atoms with E-state index in [9.17, 15) is 4.79 Å². The Kier molecular flexibility index (Phi) is 4.28. The lowest BCUT2D eigenvalue weighted by atomic mass is 10.2. The SMILES string of the molecule is O=C(CSc1ccncn1)c1cccc(Br)c1. The summed E-state index contributed by atoms with van der Waals surface area (Å²) >= 11 is 4.76. The molecule has 1 heterocycles. The van der Waals surface area contributed by atoms with E-state index in [0.717, 1.165) is 9.50 Å². The number of carbonyl (C=O) groups is 1. The zero-order valence-corrected chi connectivity index (χ0v) is 11.2. The average Bonchev–Trinajstić information content (AvgIpc) is 2.37. The Hall–Kier alpha value is -1.20. The third-order valence-electron chi connectivity index (χ3n) is 2.05. The second-order valence-electron chi connectivity index (χ2n) is 3.27. The van der Waals surface area contributed by atoms with Crippen LogP contribution in [0.3, 0.4) is 0 Å². The summed E-state index contributed by atoms with van der Waals surface area (Å²) in [6.45, 7) is 0. The van der Waals surface area contributed by atoms with Crippen LogP contribution in [0.25, 0.3) is 0 Å². The van der Waals surface area contributed by atoms with Crippen molar-refractivity contribution >= 4 is 33.5 Å². The fourth-order valence-electron chi connectivity index (χ4n) is 1.25. The standard InChI is InChI=1S/C12H9BrN2OS/c13-10-3-1-2-9(6-10)11(16)7-17-12-4-5-14-8-15-12/h1-6,8H,7H2. The normalized spacial score (nSPS) is 10.2. The van der Waals surface area contributed by atoms with Gasteiger partial charge in [0, 0.05) is 16.2 Å². The maximum Gasteiger partial charge on any atom is 0.173 e. The molecule has 0 aliphatic rings. The van der Waals surface area contributed by atoms with Crippen molar-refractivity contribution in [2.75, 3.05) is 5.75 Å². The summed E-state index contributed by atoms with van der Waals surface area (Å²) < 4.78 is 0.912. The summed E-state index contributed by atoms with van der Waals surface area (Å²) in [6.07, 6.45) is 3.14. The molecule has 86 valence electrons. The summed E-state index contributed by atoms with van der Waals surface area (Å²) in [4.78, 5) is 19.8. The number of Topliss-reactive ketones (excluding diaryl/α,β-unsaturated/α-hetero) is 1. The number of ketones is 1. The van der Waals surface area contributed by atoms with E-state index < -0.39 is 0 Å². The monoisotopic (exact) mass is 308 g/mol. The molecule has 0 saturated heterocycles. The molecule has 0 unspecified atom stereocenters. The molecule has 0 aliphatic heterocycles. The Labute approximate surface area is 112 Å². The van der Waals surface area contributed by atoms with Gasteiger partial charge in [0.2, 0.25) is 0 Å². The Balaban J connectivity index is 1.98. The first-order valence-electron chi connectivity index (χ1n) is 4.93. The van der Waals surface area contributed by atoms with Crippen LogP contribution in [0, 0.1) is 0 Å². The number of aromatic nitrogens is 2. The minimum atomic E-state index is 0.0925. The molecule has 5 heteroatoms. The van der Waals surface area contributed by atoms with E-state index in [1.54, 1.807) is 12.3 Å². The number of hydrogen-bond donors (Lipinski definition) is 0. The van der Waals surface area contributed by atoms with E-state index in [1.807, 2.05) is 24.3 Å². The molecule has 0 aliphatic carbocycles. The molecule has 0 N–H and O–H groups in total. The number of hydrogen-bond acceptors (Lipinski definition) is 4. The Morgan fingerprint density at radius 2 is 2.24 bits per heavy atom. The first-order valence-corrected chi connectivity index (χ1v) is 6.71. The first-order chi connectivity index (χ1) is 8.25. The highest BCUT2D eigenvalue weighted by Gasteiger charge is 2.07. The van der Waals surface area contributed by atoms with Crippen LogP contribution < -0.4 is 0 Å². The lowest BCUT2D eigenvalue weighted by Crippen LogP contribution is -2.02. The van der Waals surface area contributed by atoms with Crippen LogP contribution >= 0.6 is 27.7 Å². The smallest absolute Gasteiger partial charge is 0.173 e. The molecule has 0 bridgehead atoms. The van der Waals surface area contributed by atoms with Crippen LogP contribution in [0.15, 0.2) is 52.4 Å². The van der Waals surface area contributed by atoms with Gasteiger partial charge in [0.15, 0.2) is 5.78 Å². The van der Waals surface area contributed by atoms with Gasteiger partial charge < -0.3 is 0 Å². The molecule has 1 aromatic heterocycles. The van der Waals surface area contributed by atoms with Crippen molar-refractivity contribution in [2.24, 2.45) is 0 Å². The molecule has 0 atom stereocenters. The van der Waals surface area contributed by atoms with Gasteiger partial charge in [-0.3, -0.25) is 4.79 Å². The highest BCUT2D eigenvalue weighted by molar-refractivity contribution is 9.10. The third kappa shape index (κ3) is 3.64. The van der Waals surface area contributed by atoms with Gasteiger partial charge in [-0.2, -0.15) is 0 Å². The Morgan fingerprint density at radius 3 is 2.94 bits per heavy atom. The molecular formula is C12H9BrN2OS. The highest BCUT2D eigenvalue weighted by Crippen LogP contribution is 2.17. The molecule has 0 spiro atoms. The van der Waals surface area contributed by atoms with Crippen molar-refractivity contribution in [1.82, 2.24) is 9.97 Å². The van der Waals surface area contributed by atoms with Gasteiger partial charge in [-0.1, -0.05) is 39.8 Å². The lowest BCUT2D eigenvalue weighted by molar-refractivity contribution is 0.102. The minimum Gasteiger partial charge on any atom is -0.293 e. The van der Waals surface area contributed by atoms with E-state index in [4.69, 9.17) is 0 Å². The van der Waals surface area contributed by atoms with Crippen LogP contribution in [0.2, 0.25) is 0 Å². The first kappa shape index (κ1) is 12.3. The molecule has 2 rings (SSSR count). The number of nitrogens with zero attached hydrogens (tertiary/aromatic N) is 2. The summed E-state index contributed by atoms with van der Waals surface area (Å²) in [7, 11) is 0. The maximum atomic E-state index is 11.9. The van der Waals surface area contributed by atoms with E-state index in [2.05, 4.69) is 25.9 Å². The predicted octanol–water partition coefficient (Wildman–Crippen LogP) is 3.21. The second-order valence-corrected chi connectivity index (χ2v) is 5.18. The van der Waals surface area contributed by atoms with Crippen LogP contribution in [0.5, 0.6) is 0 Å². The zero-order valence-electron chi connectivity index (χ0n) is 8.84. The molecule has 0 radical (unpaired) electrons. The third-order valence-corrected chi connectivity index (χ3v) is 3.49. The molecule has 0 amide bonds. The van der Waals surface area contributed by atoms with Crippen LogP contribution in [-0.2, 0) is 0 Å². The molecule has 0 fully saturated rings. The average molecular weight is 309 g/mol. The lowest BCUT2D eigenvalue weighted by Gasteiger charge is -2.01. The van der Waals surface area contributed by atoms with Crippen molar-refractivity contribution in [3.8, 4) is 0 Å². The van der Waals surface area contributed by atoms with E-state index in [-0.39, 0.29) is 5.78 Å². The van der Waals surface area contributed by atoms with Gasteiger partial charge in [0.1, 0.15) is 6.33 Å². The van der Waals surface area contributed by atoms with Gasteiger partial charge in [0.25, 0.3) is 0 Å². The number of carbonyl (C=O) groups excluding carboxylic acids is 1. The largest absolute Gasteiger partial charge is 0.293 e. The quantitative estimate of drug-likeness (QED) is 0.494. The zero-order chi connectivity index (χ0) is 12.1. The van der Waals surface area contributed by atoms with Crippen LogP contribution in [0.4, 0.5) is 0 Å². The van der Waals surface area contributed by atoms with E-state index >= 15 is 0 Å². The fraction of sp³-hybridized carbons (Fsp3) is 0.0833. The van der Waals surface area contributed by atoms with Gasteiger partial charge in [-0.15, -0.1) is 0 Å². The second kappa shape index (κ2) is 5.93. The van der Waals surface area contributed by atoms with Gasteiger partial charge in [-0.05, 0) is 18.2 Å². The number of rotatable bonds is 4. The number of benzene rings is 1. The van der Waals surface area contributed by atoms with Crippen molar-refractivity contribution in [2.45, 2.75) is 5.03 Å². The molecule has 3 nitrogen and oxygen atoms in total. The summed E-state index contributed by atoms with van der Waals surface area (Å²) in [5.41, 5.74) is 0.709. The molecule has 17 heavy (non-hydrogen) atoms. The maximum absolute atomic E-state index is 11.9. The highest BCUT2D eigenvalue weighted by atomic mass is 79.9. The molecule has 0 saturated carbocycles.